The van der Waals surface area contributed by atoms with Crippen LogP contribution >= 0.6 is 0 Å². The summed E-state index contributed by atoms with van der Waals surface area (Å²) >= 11 is 0. The van der Waals surface area contributed by atoms with Crippen LogP contribution in [-0.2, 0) is 19.6 Å². The third-order valence-electron chi connectivity index (χ3n) is 3.88. The Morgan fingerprint density at radius 2 is 1.10 bits per heavy atom. The second kappa shape index (κ2) is 11.6. The monoisotopic (exact) mass is 434 g/mol. The van der Waals surface area contributed by atoms with E-state index in [1.165, 1.54) is 52.7 Å². The van der Waals surface area contributed by atoms with Crippen LogP contribution < -0.4 is 18.9 Å². The maximum atomic E-state index is 12.3. The summed E-state index contributed by atoms with van der Waals surface area (Å²) in [7, 11) is 5.67. The summed E-state index contributed by atoms with van der Waals surface area (Å²) in [4.78, 5) is 43.7. The van der Waals surface area contributed by atoms with Crippen molar-refractivity contribution >= 4 is 11.9 Å². The van der Waals surface area contributed by atoms with Gasteiger partial charge >= 0.3 is 18.2 Å². The van der Waals surface area contributed by atoms with Gasteiger partial charge in [0, 0.05) is 6.42 Å². The Balaban J connectivity index is 1.99. The van der Waals surface area contributed by atoms with E-state index >= 15 is 0 Å². The lowest BCUT2D eigenvalue weighted by atomic mass is 10.2. The molecule has 0 aliphatic heterocycles. The number of hydrogen-bond acceptors (Lipinski definition) is 10. The largest absolute Gasteiger partial charge is 0.497 e. The van der Waals surface area contributed by atoms with Gasteiger partial charge in [-0.1, -0.05) is 0 Å². The quantitative estimate of drug-likeness (QED) is 0.386. The van der Waals surface area contributed by atoms with Crippen molar-refractivity contribution in [3.05, 3.63) is 60.7 Å². The van der Waals surface area contributed by atoms with Gasteiger partial charge in [0.2, 0.25) is 0 Å². The van der Waals surface area contributed by atoms with Gasteiger partial charge in [0.15, 0.2) is 0 Å². The first-order valence-corrected chi connectivity index (χ1v) is 8.84. The van der Waals surface area contributed by atoms with Crippen LogP contribution in [0.15, 0.2) is 36.4 Å². The Hall–Kier alpha value is -3.50. The predicted octanol–water partition coefficient (Wildman–Crippen LogP) is 3.31. The zero-order valence-corrected chi connectivity index (χ0v) is 17.5. The summed E-state index contributed by atoms with van der Waals surface area (Å²) in [5, 5.41) is 0. The second-order valence-corrected chi connectivity index (χ2v) is 5.66. The van der Waals surface area contributed by atoms with Crippen molar-refractivity contribution in [2.75, 3.05) is 28.4 Å². The molecule has 0 bridgehead atoms. The molecular weight excluding hydrogens is 412 g/mol. The van der Waals surface area contributed by atoms with Crippen molar-refractivity contribution in [1.29, 1.82) is 0 Å². The SMILES string of the molecule is [CH2]C[C](OOC(=O)c1cc(OC)ccc1OC)OOC(=O)c1cc(OC)ccc1OC. The normalized spacial score (nSPS) is 10.4. The van der Waals surface area contributed by atoms with E-state index in [-0.39, 0.29) is 35.3 Å². The first-order chi connectivity index (χ1) is 15.0. The molecule has 0 heterocycles. The summed E-state index contributed by atoms with van der Waals surface area (Å²) in [6, 6.07) is 9.09. The van der Waals surface area contributed by atoms with Crippen LogP contribution in [0.4, 0.5) is 0 Å². The number of carbonyl (C=O) groups is 2. The highest BCUT2D eigenvalue weighted by molar-refractivity contribution is 5.93. The average molecular weight is 434 g/mol. The van der Waals surface area contributed by atoms with Gasteiger partial charge < -0.3 is 18.9 Å². The third kappa shape index (κ3) is 6.24. The fourth-order valence-electron chi connectivity index (χ4n) is 2.30. The number of carbonyl (C=O) groups excluding carboxylic acids is 2. The maximum absolute atomic E-state index is 12.3. The van der Waals surface area contributed by atoms with Gasteiger partial charge in [-0.3, -0.25) is 9.78 Å². The first-order valence-electron chi connectivity index (χ1n) is 8.84. The molecule has 31 heavy (non-hydrogen) atoms. The molecule has 10 nitrogen and oxygen atoms in total. The molecular formula is C21H22O10. The number of hydrogen-bond donors (Lipinski definition) is 0. The van der Waals surface area contributed by atoms with E-state index in [2.05, 4.69) is 6.92 Å². The first kappa shape index (κ1) is 23.8. The molecule has 0 atom stereocenters. The number of methoxy groups -OCH3 is 4. The minimum absolute atomic E-state index is 0.0448. The Morgan fingerprint density at radius 1 is 0.677 bits per heavy atom. The second-order valence-electron chi connectivity index (χ2n) is 5.66. The average Bonchev–Trinajstić information content (AvgIpc) is 2.82. The lowest BCUT2D eigenvalue weighted by Crippen LogP contribution is -2.16. The van der Waals surface area contributed by atoms with Crippen LogP contribution in [0.3, 0.4) is 0 Å². The van der Waals surface area contributed by atoms with Crippen molar-refractivity contribution in [2.24, 2.45) is 0 Å². The molecule has 0 fully saturated rings. The molecule has 166 valence electrons. The Kier molecular flexibility index (Phi) is 8.92. The van der Waals surface area contributed by atoms with Crippen molar-refractivity contribution in [3.8, 4) is 23.0 Å². The Morgan fingerprint density at radius 3 is 1.42 bits per heavy atom. The molecule has 0 saturated carbocycles. The van der Waals surface area contributed by atoms with Crippen molar-refractivity contribution in [2.45, 2.75) is 6.42 Å². The summed E-state index contributed by atoms with van der Waals surface area (Å²) in [5.74, 6) is -0.499. The molecule has 0 spiro atoms. The predicted molar refractivity (Wildman–Crippen MR) is 105 cm³/mol. The van der Waals surface area contributed by atoms with Gasteiger partial charge in [0.05, 0.1) is 28.4 Å². The molecule has 0 unspecified atom stereocenters. The minimum atomic E-state index is -0.897. The van der Waals surface area contributed by atoms with Crippen LogP contribution in [0.25, 0.3) is 0 Å². The van der Waals surface area contributed by atoms with Crippen LogP contribution in [0.1, 0.15) is 27.1 Å². The third-order valence-corrected chi connectivity index (χ3v) is 3.88. The molecule has 2 rings (SSSR count). The number of benzene rings is 2. The van der Waals surface area contributed by atoms with Crippen molar-refractivity contribution < 1.29 is 48.1 Å². The molecule has 10 heteroatoms. The highest BCUT2D eigenvalue weighted by Gasteiger charge is 2.23. The highest BCUT2D eigenvalue weighted by Crippen LogP contribution is 2.27. The topological polar surface area (TPSA) is 108 Å². The highest BCUT2D eigenvalue weighted by atomic mass is 17.3. The maximum Gasteiger partial charge on any atom is 0.377 e. The molecule has 0 aliphatic rings. The zero-order chi connectivity index (χ0) is 22.8. The van der Waals surface area contributed by atoms with Crippen molar-refractivity contribution in [1.82, 2.24) is 0 Å². The molecule has 0 amide bonds. The standard InChI is InChI=1S/C21H22O10/c1-6-19(28-30-20(22)15-11-13(24-2)7-9-17(15)26-4)29-31-21(23)16-12-14(25-3)8-10-18(16)27-5/h7-12H,1,6H2,2-5H3. The molecule has 2 aromatic carbocycles. The van der Waals surface area contributed by atoms with Crippen molar-refractivity contribution in [3.63, 3.8) is 0 Å². The van der Waals surface area contributed by atoms with Crippen LogP contribution in [0, 0.1) is 13.2 Å². The Bertz CT molecular complexity index is 824. The molecule has 0 N–H and O–H groups in total. The van der Waals surface area contributed by atoms with Crippen LogP contribution in [-0.4, -0.2) is 40.4 Å². The number of ether oxygens (including phenoxy) is 4. The van der Waals surface area contributed by atoms with E-state index in [9.17, 15) is 9.59 Å². The van der Waals surface area contributed by atoms with E-state index in [0.717, 1.165) is 0 Å². The summed E-state index contributed by atoms with van der Waals surface area (Å²) in [6.45, 7) is 3.55. The van der Waals surface area contributed by atoms with Gasteiger partial charge in [-0.25, -0.2) is 9.59 Å². The molecule has 0 aromatic heterocycles. The molecule has 0 saturated heterocycles. The zero-order valence-electron chi connectivity index (χ0n) is 17.5. The fourth-order valence-corrected chi connectivity index (χ4v) is 2.30. The fraction of sp³-hybridized carbons (Fsp3) is 0.238. The van der Waals surface area contributed by atoms with E-state index in [4.69, 9.17) is 38.5 Å². The lowest BCUT2D eigenvalue weighted by Gasteiger charge is -2.14. The summed E-state index contributed by atoms with van der Waals surface area (Å²) < 4.78 is 20.4. The smallest absolute Gasteiger partial charge is 0.377 e. The Labute approximate surface area is 179 Å². The minimum Gasteiger partial charge on any atom is -0.497 e. The van der Waals surface area contributed by atoms with Gasteiger partial charge in [0.1, 0.15) is 34.1 Å². The van der Waals surface area contributed by atoms with Gasteiger partial charge in [0.25, 0.3) is 0 Å². The van der Waals surface area contributed by atoms with Crippen LogP contribution in [0.2, 0.25) is 0 Å². The van der Waals surface area contributed by atoms with E-state index in [1.54, 1.807) is 12.1 Å². The molecule has 2 radical (unpaired) electrons. The molecule has 2 aromatic rings. The summed E-state index contributed by atoms with van der Waals surface area (Å²) in [6.07, 6.45) is -0.518. The van der Waals surface area contributed by atoms with Gasteiger partial charge in [-0.2, -0.15) is 0 Å². The van der Waals surface area contributed by atoms with Gasteiger partial charge in [-0.05, 0) is 43.3 Å². The van der Waals surface area contributed by atoms with Gasteiger partial charge in [-0.15, -0.1) is 9.78 Å². The summed E-state index contributed by atoms with van der Waals surface area (Å²) in [5.41, 5.74) is 0.0896. The van der Waals surface area contributed by atoms with E-state index in [0.29, 0.717) is 11.5 Å². The van der Waals surface area contributed by atoms with E-state index in [1.807, 2.05) is 0 Å². The molecule has 0 aliphatic carbocycles. The van der Waals surface area contributed by atoms with E-state index < -0.39 is 11.9 Å². The van der Waals surface area contributed by atoms with Crippen LogP contribution in [0.5, 0.6) is 23.0 Å². The number of rotatable bonds is 11. The lowest BCUT2D eigenvalue weighted by molar-refractivity contribution is -0.362.